The molecule has 0 fully saturated rings. The number of unbranched alkanes of at least 4 members (excludes halogenated alkanes) is 3. The lowest BCUT2D eigenvalue weighted by Gasteiger charge is -2.11. The number of benzene rings is 2. The first-order valence-corrected chi connectivity index (χ1v) is 12.1. The van der Waals surface area contributed by atoms with Crippen LogP contribution in [-0.2, 0) is 19.3 Å². The lowest BCUT2D eigenvalue weighted by Crippen LogP contribution is -2.06. The molecule has 0 radical (unpaired) electrons. The number of aromatic nitrogens is 1. The number of hydrogen-bond donors (Lipinski definition) is 0. The van der Waals surface area contributed by atoms with Crippen molar-refractivity contribution in [1.82, 2.24) is 4.57 Å². The predicted molar refractivity (Wildman–Crippen MR) is 141 cm³/mol. The summed E-state index contributed by atoms with van der Waals surface area (Å²) < 4.78 is 1.88. The summed E-state index contributed by atoms with van der Waals surface area (Å²) in [6.45, 7) is 6.38. The van der Waals surface area contributed by atoms with Crippen LogP contribution in [0.2, 0.25) is 0 Å². The van der Waals surface area contributed by atoms with Gasteiger partial charge in [-0.05, 0) is 31.9 Å². The molecule has 0 N–H and O–H groups in total. The molecule has 0 aliphatic rings. The molecule has 0 saturated heterocycles. The number of carbonyl (C=O) groups excluding carboxylic acids is 2. The number of nitro groups is 1. The van der Waals surface area contributed by atoms with Gasteiger partial charge in [0.25, 0.3) is 5.69 Å². The molecule has 0 bridgehead atoms. The van der Waals surface area contributed by atoms with Gasteiger partial charge in [0.2, 0.25) is 0 Å². The Morgan fingerprint density at radius 1 is 0.946 bits per heavy atom. The fourth-order valence-electron chi connectivity index (χ4n) is 4.00. The molecule has 3 aromatic rings. The first kappa shape index (κ1) is 27.3. The number of para-hydroxylation sites is 1. The zero-order chi connectivity index (χ0) is 26.9. The van der Waals surface area contributed by atoms with Crippen LogP contribution in [0.25, 0.3) is 16.6 Å². The Bertz CT molecular complexity index is 1370. The van der Waals surface area contributed by atoms with Crippen LogP contribution in [0.5, 0.6) is 0 Å². The van der Waals surface area contributed by atoms with Crippen LogP contribution in [0.1, 0.15) is 70.9 Å². The van der Waals surface area contributed by atoms with Crippen molar-refractivity contribution < 1.29 is 24.2 Å². The zero-order valence-corrected chi connectivity index (χ0v) is 21.4. The van der Waals surface area contributed by atoms with E-state index in [1.54, 1.807) is 13.0 Å². The molecular weight excluding hydrogens is 476 g/mol. The minimum atomic E-state index is -0.552. The molecule has 1 heterocycles. The highest BCUT2D eigenvalue weighted by atomic mass is 16.7. The van der Waals surface area contributed by atoms with Gasteiger partial charge in [-0.25, -0.2) is 9.59 Å². The van der Waals surface area contributed by atoms with Crippen LogP contribution >= 0.6 is 0 Å². The summed E-state index contributed by atoms with van der Waals surface area (Å²) in [5, 5.41) is 20.2. The zero-order valence-electron chi connectivity index (χ0n) is 21.4. The summed E-state index contributed by atoms with van der Waals surface area (Å²) in [5.41, 5.74) is 3.68. The molecule has 3 rings (SSSR count). The maximum Gasteiger partial charge on any atom is 0.331 e. The Kier molecular flexibility index (Phi) is 9.26. The molecule has 0 aliphatic carbocycles. The van der Waals surface area contributed by atoms with Crippen molar-refractivity contribution in [2.24, 2.45) is 10.3 Å². The Morgan fingerprint density at radius 2 is 1.65 bits per heavy atom. The van der Waals surface area contributed by atoms with Gasteiger partial charge in [0.1, 0.15) is 0 Å². The lowest BCUT2D eigenvalue weighted by atomic mass is 10.0. The van der Waals surface area contributed by atoms with Crippen LogP contribution < -0.4 is 0 Å². The van der Waals surface area contributed by atoms with E-state index in [9.17, 15) is 19.7 Å². The van der Waals surface area contributed by atoms with Crippen molar-refractivity contribution >= 4 is 40.0 Å². The maximum atomic E-state index is 11.6. The van der Waals surface area contributed by atoms with E-state index >= 15 is 0 Å². The van der Waals surface area contributed by atoms with Crippen molar-refractivity contribution in [3.63, 3.8) is 0 Å². The van der Waals surface area contributed by atoms with Gasteiger partial charge in [0, 0.05) is 48.7 Å². The molecule has 0 atom stereocenters. The molecule has 1 aromatic heterocycles. The number of nitrogens with zero attached hydrogens (tertiary/aromatic N) is 4. The van der Waals surface area contributed by atoms with Gasteiger partial charge in [-0.15, -0.1) is 0 Å². The van der Waals surface area contributed by atoms with Gasteiger partial charge in [-0.3, -0.25) is 10.1 Å². The van der Waals surface area contributed by atoms with E-state index in [-0.39, 0.29) is 5.69 Å². The van der Waals surface area contributed by atoms with E-state index in [1.165, 1.54) is 26.0 Å². The van der Waals surface area contributed by atoms with E-state index in [0.29, 0.717) is 39.9 Å². The number of non-ortho nitro benzene ring substituents is 1. The standard InChI is InChI=1S/C27H30N4O6/c1-5-6-7-8-12-25(29-37-20(4)33)24-17-30(27-15-14-21(31(34)35)16-23(24)27)26-13-10-9-11-22(26)18(2)28-36-19(3)32/h9-11,13-17H,5-8,12H2,1-4H3/b28-18-,29-25+. The third-order valence-corrected chi connectivity index (χ3v) is 5.73. The number of oxime groups is 2. The normalized spacial score (nSPS) is 12.0. The average molecular weight is 507 g/mol. The third kappa shape index (κ3) is 6.87. The highest BCUT2D eigenvalue weighted by molar-refractivity contribution is 6.12. The summed E-state index contributed by atoms with van der Waals surface area (Å²) in [6.07, 6.45) is 6.27. The van der Waals surface area contributed by atoms with Crippen molar-refractivity contribution in [2.45, 2.75) is 59.8 Å². The molecule has 0 saturated carbocycles. The number of hydrogen-bond acceptors (Lipinski definition) is 8. The van der Waals surface area contributed by atoms with E-state index < -0.39 is 16.9 Å². The highest BCUT2D eigenvalue weighted by Crippen LogP contribution is 2.31. The second-order valence-electron chi connectivity index (χ2n) is 8.58. The first-order valence-electron chi connectivity index (χ1n) is 12.1. The van der Waals surface area contributed by atoms with Gasteiger partial charge in [0.15, 0.2) is 0 Å². The highest BCUT2D eigenvalue weighted by Gasteiger charge is 2.20. The summed E-state index contributed by atoms with van der Waals surface area (Å²) in [6, 6.07) is 12.0. The minimum absolute atomic E-state index is 0.0646. The number of nitro benzene ring substituents is 1. The second kappa shape index (κ2) is 12.6. The molecular formula is C27H30N4O6. The summed E-state index contributed by atoms with van der Waals surface area (Å²) in [4.78, 5) is 43.8. The summed E-state index contributed by atoms with van der Waals surface area (Å²) in [5.74, 6) is -1.09. The van der Waals surface area contributed by atoms with Crippen molar-refractivity contribution in [3.8, 4) is 5.69 Å². The Hall–Kier alpha value is -4.34. The molecule has 10 nitrogen and oxygen atoms in total. The van der Waals surface area contributed by atoms with Crippen LogP contribution in [-0.4, -0.2) is 32.9 Å². The number of carbonyl (C=O) groups is 2. The largest absolute Gasteiger partial charge is 0.331 e. The van der Waals surface area contributed by atoms with Gasteiger partial charge in [0.05, 0.1) is 27.6 Å². The topological polar surface area (TPSA) is 125 Å². The van der Waals surface area contributed by atoms with E-state index in [0.717, 1.165) is 31.4 Å². The molecule has 10 heteroatoms. The smallest absolute Gasteiger partial charge is 0.318 e. The van der Waals surface area contributed by atoms with Crippen LogP contribution in [0, 0.1) is 10.1 Å². The van der Waals surface area contributed by atoms with Gasteiger partial charge >= 0.3 is 11.9 Å². The summed E-state index contributed by atoms with van der Waals surface area (Å²) >= 11 is 0. The fourth-order valence-corrected chi connectivity index (χ4v) is 4.00. The molecule has 0 aliphatic heterocycles. The van der Waals surface area contributed by atoms with Gasteiger partial charge < -0.3 is 14.2 Å². The molecule has 37 heavy (non-hydrogen) atoms. The van der Waals surface area contributed by atoms with E-state index in [4.69, 9.17) is 9.68 Å². The van der Waals surface area contributed by atoms with Gasteiger partial charge in [-0.2, -0.15) is 0 Å². The number of rotatable bonds is 11. The first-order chi connectivity index (χ1) is 17.7. The second-order valence-corrected chi connectivity index (χ2v) is 8.58. The Morgan fingerprint density at radius 3 is 2.32 bits per heavy atom. The van der Waals surface area contributed by atoms with Crippen molar-refractivity contribution in [2.75, 3.05) is 0 Å². The van der Waals surface area contributed by atoms with Crippen molar-refractivity contribution in [3.05, 3.63) is 69.9 Å². The maximum absolute atomic E-state index is 11.6. The number of fused-ring (bicyclic) bond motifs is 1. The fraction of sp³-hybridized carbons (Fsp3) is 0.333. The van der Waals surface area contributed by atoms with Crippen LogP contribution in [0.3, 0.4) is 0 Å². The Balaban J connectivity index is 2.23. The van der Waals surface area contributed by atoms with E-state index in [2.05, 4.69) is 17.2 Å². The predicted octanol–water partition coefficient (Wildman–Crippen LogP) is 6.06. The van der Waals surface area contributed by atoms with Crippen molar-refractivity contribution in [1.29, 1.82) is 0 Å². The Labute approximate surface area is 214 Å². The van der Waals surface area contributed by atoms with Gasteiger partial charge in [-0.1, -0.05) is 54.7 Å². The lowest BCUT2D eigenvalue weighted by molar-refractivity contribution is -0.384. The third-order valence-electron chi connectivity index (χ3n) is 5.73. The monoisotopic (exact) mass is 506 g/mol. The molecule has 194 valence electrons. The SMILES string of the molecule is CCCCCC/C(=N\OC(C)=O)c1cn(-c2ccccc2/C(C)=N\OC(C)=O)c2ccc([N+](=O)[O-])cc12. The minimum Gasteiger partial charge on any atom is -0.318 e. The quantitative estimate of drug-likeness (QED) is 0.102. The molecule has 0 amide bonds. The molecule has 0 unspecified atom stereocenters. The molecule has 2 aromatic carbocycles. The molecule has 0 spiro atoms. The van der Waals surface area contributed by atoms with Crippen LogP contribution in [0.15, 0.2) is 59.0 Å². The summed E-state index contributed by atoms with van der Waals surface area (Å²) in [7, 11) is 0. The van der Waals surface area contributed by atoms with E-state index in [1.807, 2.05) is 35.0 Å². The average Bonchev–Trinajstić information content (AvgIpc) is 3.25. The van der Waals surface area contributed by atoms with Crippen LogP contribution in [0.4, 0.5) is 5.69 Å².